The molecule has 0 bridgehead atoms. The Bertz CT molecular complexity index is 708. The normalized spacial score (nSPS) is 15.4. The van der Waals surface area contributed by atoms with E-state index in [4.69, 9.17) is 15.2 Å². The van der Waals surface area contributed by atoms with Gasteiger partial charge in [0.2, 0.25) is 5.91 Å². The number of benzene rings is 1. The second kappa shape index (κ2) is 7.46. The molecule has 1 aliphatic heterocycles. The van der Waals surface area contributed by atoms with E-state index in [9.17, 15) is 4.79 Å². The lowest BCUT2D eigenvalue weighted by atomic mass is 10.1. The molecular weight excluding hydrogens is 308 g/mol. The number of hydrogen-bond donors (Lipinski definition) is 1. The summed E-state index contributed by atoms with van der Waals surface area (Å²) in [5, 5.41) is 4.19. The first-order valence-electron chi connectivity index (χ1n) is 8.00. The van der Waals surface area contributed by atoms with Gasteiger partial charge in [-0.2, -0.15) is 5.10 Å². The van der Waals surface area contributed by atoms with Gasteiger partial charge in [-0.1, -0.05) is 0 Å². The van der Waals surface area contributed by atoms with E-state index in [-0.39, 0.29) is 0 Å². The molecule has 0 spiro atoms. The zero-order valence-electron chi connectivity index (χ0n) is 13.8. The summed E-state index contributed by atoms with van der Waals surface area (Å²) < 4.78 is 13.1. The Kier molecular flexibility index (Phi) is 5.12. The third-order valence-electron chi connectivity index (χ3n) is 4.13. The molecule has 0 saturated carbocycles. The van der Waals surface area contributed by atoms with Gasteiger partial charge in [0.25, 0.3) is 0 Å². The van der Waals surface area contributed by atoms with E-state index in [1.807, 2.05) is 13.1 Å². The lowest BCUT2D eigenvalue weighted by Crippen LogP contribution is -2.38. The van der Waals surface area contributed by atoms with Crippen LogP contribution in [-0.4, -0.2) is 60.0 Å². The number of nitrogens with two attached hydrogens (primary N) is 1. The minimum absolute atomic E-state index is 0.451. The molecule has 1 fully saturated rings. The molecule has 1 amide bonds. The van der Waals surface area contributed by atoms with Crippen molar-refractivity contribution in [2.24, 2.45) is 12.8 Å². The van der Waals surface area contributed by atoms with Crippen LogP contribution < -0.4 is 10.5 Å². The van der Waals surface area contributed by atoms with Crippen molar-refractivity contribution in [2.75, 3.05) is 39.5 Å². The molecule has 0 atom stereocenters. The van der Waals surface area contributed by atoms with E-state index in [1.54, 1.807) is 29.1 Å². The molecular formula is C17H22N4O3. The number of carbonyl (C=O) groups excluding carboxylic acids is 1. The highest BCUT2D eigenvalue weighted by Crippen LogP contribution is 2.30. The second-order valence-electron chi connectivity index (χ2n) is 5.72. The molecule has 0 aliphatic carbocycles. The van der Waals surface area contributed by atoms with Crippen molar-refractivity contribution in [3.8, 4) is 17.0 Å². The maximum Gasteiger partial charge on any atom is 0.248 e. The molecule has 24 heavy (non-hydrogen) atoms. The molecule has 2 aromatic rings. The van der Waals surface area contributed by atoms with Gasteiger partial charge in [-0.15, -0.1) is 0 Å². The maximum atomic E-state index is 11.5. The lowest BCUT2D eigenvalue weighted by molar-refractivity contribution is 0.0323. The average Bonchev–Trinajstić information content (AvgIpc) is 3.02. The van der Waals surface area contributed by atoms with Gasteiger partial charge in [0, 0.05) is 44.0 Å². The van der Waals surface area contributed by atoms with Crippen molar-refractivity contribution in [1.82, 2.24) is 14.7 Å². The smallest absolute Gasteiger partial charge is 0.248 e. The maximum absolute atomic E-state index is 11.5. The summed E-state index contributed by atoms with van der Waals surface area (Å²) in [4.78, 5) is 13.8. The molecule has 1 aromatic heterocycles. The summed E-state index contributed by atoms with van der Waals surface area (Å²) in [7, 11) is 1.85. The number of primary amides is 1. The summed E-state index contributed by atoms with van der Waals surface area (Å²) in [5.74, 6) is 0.259. The van der Waals surface area contributed by atoms with Crippen LogP contribution in [0.5, 0.6) is 5.75 Å². The van der Waals surface area contributed by atoms with Gasteiger partial charge < -0.3 is 15.2 Å². The lowest BCUT2D eigenvalue weighted by Gasteiger charge is -2.26. The highest BCUT2D eigenvalue weighted by atomic mass is 16.5. The van der Waals surface area contributed by atoms with Crippen molar-refractivity contribution in [1.29, 1.82) is 0 Å². The summed E-state index contributed by atoms with van der Waals surface area (Å²) in [5.41, 5.74) is 7.54. The van der Waals surface area contributed by atoms with Gasteiger partial charge in [-0.25, -0.2) is 0 Å². The predicted molar refractivity (Wildman–Crippen MR) is 89.9 cm³/mol. The third kappa shape index (κ3) is 3.74. The molecule has 2 N–H and O–H groups in total. The van der Waals surface area contributed by atoms with E-state index in [2.05, 4.69) is 10.00 Å². The van der Waals surface area contributed by atoms with Crippen molar-refractivity contribution >= 4 is 5.91 Å². The van der Waals surface area contributed by atoms with Crippen molar-refractivity contribution in [3.63, 3.8) is 0 Å². The largest absolute Gasteiger partial charge is 0.492 e. The van der Waals surface area contributed by atoms with Crippen LogP contribution in [0.2, 0.25) is 0 Å². The quantitative estimate of drug-likeness (QED) is 0.851. The van der Waals surface area contributed by atoms with Gasteiger partial charge >= 0.3 is 0 Å². The van der Waals surface area contributed by atoms with Crippen LogP contribution in [-0.2, 0) is 11.8 Å². The number of ether oxygens (including phenoxy) is 2. The first kappa shape index (κ1) is 16.5. The van der Waals surface area contributed by atoms with Gasteiger partial charge in [0.05, 0.1) is 18.9 Å². The van der Waals surface area contributed by atoms with Crippen molar-refractivity contribution < 1.29 is 14.3 Å². The highest BCUT2D eigenvalue weighted by molar-refractivity contribution is 5.94. The van der Waals surface area contributed by atoms with Crippen LogP contribution in [0, 0.1) is 0 Å². The van der Waals surface area contributed by atoms with Crippen molar-refractivity contribution in [2.45, 2.75) is 0 Å². The number of nitrogens with zero attached hydrogens (tertiary/aromatic N) is 3. The van der Waals surface area contributed by atoms with Crippen LogP contribution in [0.4, 0.5) is 0 Å². The number of hydrogen-bond acceptors (Lipinski definition) is 5. The molecule has 128 valence electrons. The van der Waals surface area contributed by atoms with E-state index in [0.717, 1.165) is 49.9 Å². The number of aryl methyl sites for hydroxylation is 1. The minimum Gasteiger partial charge on any atom is -0.492 e. The van der Waals surface area contributed by atoms with Crippen LogP contribution >= 0.6 is 0 Å². The number of carbonyl (C=O) groups is 1. The zero-order valence-corrected chi connectivity index (χ0v) is 13.8. The molecule has 2 heterocycles. The molecule has 1 aromatic carbocycles. The van der Waals surface area contributed by atoms with E-state index in [1.165, 1.54) is 0 Å². The molecule has 7 nitrogen and oxygen atoms in total. The summed E-state index contributed by atoms with van der Waals surface area (Å²) in [6, 6.07) is 7.12. The van der Waals surface area contributed by atoms with E-state index >= 15 is 0 Å². The molecule has 0 unspecified atom stereocenters. The second-order valence-corrected chi connectivity index (χ2v) is 5.72. The summed E-state index contributed by atoms with van der Waals surface area (Å²) >= 11 is 0. The van der Waals surface area contributed by atoms with Crippen molar-refractivity contribution in [3.05, 3.63) is 36.0 Å². The van der Waals surface area contributed by atoms with Crippen LogP contribution in [0.3, 0.4) is 0 Å². The van der Waals surface area contributed by atoms with E-state index < -0.39 is 5.91 Å². The zero-order chi connectivity index (χ0) is 16.9. The van der Waals surface area contributed by atoms with Gasteiger partial charge in [0.1, 0.15) is 12.4 Å². The topological polar surface area (TPSA) is 82.6 Å². The number of rotatable bonds is 6. The SMILES string of the molecule is Cn1nccc1-c1cc(C(N)=O)ccc1OCCN1CCOCC1. The van der Waals surface area contributed by atoms with E-state index in [0.29, 0.717) is 12.2 Å². The Morgan fingerprint density at radius 3 is 2.79 bits per heavy atom. The predicted octanol–water partition coefficient (Wildman–Crippen LogP) is 0.897. The highest BCUT2D eigenvalue weighted by Gasteiger charge is 2.14. The number of aromatic nitrogens is 2. The first-order chi connectivity index (χ1) is 11.6. The van der Waals surface area contributed by atoms with Gasteiger partial charge in [-0.05, 0) is 24.3 Å². The molecule has 1 aliphatic rings. The fraction of sp³-hybridized carbons (Fsp3) is 0.412. The third-order valence-corrected chi connectivity index (χ3v) is 4.13. The first-order valence-corrected chi connectivity index (χ1v) is 8.00. The number of amides is 1. The molecule has 1 saturated heterocycles. The standard InChI is InChI=1S/C17H22N4O3/c1-20-15(4-5-19-20)14-12-13(17(18)22)2-3-16(14)24-11-8-21-6-9-23-10-7-21/h2-5,12H,6-11H2,1H3,(H2,18,22). The number of morpholine rings is 1. The van der Waals surface area contributed by atoms with Gasteiger partial charge in [0.15, 0.2) is 0 Å². The molecule has 3 rings (SSSR count). The van der Waals surface area contributed by atoms with Crippen LogP contribution in [0.15, 0.2) is 30.5 Å². The molecule has 7 heteroatoms. The molecule has 0 radical (unpaired) electrons. The summed E-state index contributed by atoms with van der Waals surface area (Å²) in [6.45, 7) is 4.81. The Hall–Kier alpha value is -2.38. The Morgan fingerprint density at radius 1 is 1.33 bits per heavy atom. The fourth-order valence-corrected chi connectivity index (χ4v) is 2.76. The Balaban J connectivity index is 1.76. The Labute approximate surface area is 140 Å². The Morgan fingerprint density at radius 2 is 2.12 bits per heavy atom. The summed E-state index contributed by atoms with van der Waals surface area (Å²) in [6.07, 6.45) is 1.71. The monoisotopic (exact) mass is 330 g/mol. The van der Waals surface area contributed by atoms with Gasteiger partial charge in [-0.3, -0.25) is 14.4 Å². The van der Waals surface area contributed by atoms with Crippen LogP contribution in [0.1, 0.15) is 10.4 Å². The van der Waals surface area contributed by atoms with Crippen LogP contribution in [0.25, 0.3) is 11.3 Å². The minimum atomic E-state index is -0.460. The fourth-order valence-electron chi connectivity index (χ4n) is 2.76. The average molecular weight is 330 g/mol.